The molecule has 0 aromatic carbocycles. The van der Waals surface area contributed by atoms with Crippen LogP contribution in [0.25, 0.3) is 0 Å². The zero-order valence-corrected chi connectivity index (χ0v) is 11.5. The summed E-state index contributed by atoms with van der Waals surface area (Å²) in [5.41, 5.74) is 6.00. The molecule has 0 saturated carbocycles. The number of carbonyl (C=O) groups is 1. The Morgan fingerprint density at radius 2 is 2.28 bits per heavy atom. The molecule has 0 bridgehead atoms. The molecule has 0 radical (unpaired) electrons. The van der Waals surface area contributed by atoms with Gasteiger partial charge in [0.1, 0.15) is 5.69 Å². The smallest absolute Gasteiger partial charge is 0.272 e. The molecule has 1 atom stereocenters. The van der Waals surface area contributed by atoms with Crippen molar-refractivity contribution in [1.82, 2.24) is 9.88 Å². The minimum absolute atomic E-state index is 0. The third-order valence-corrected chi connectivity index (χ3v) is 2.57. The first-order valence-electron chi connectivity index (χ1n) is 5.33. The molecule has 2 N–H and O–H groups in total. The zero-order chi connectivity index (χ0) is 11.4. The topological polar surface area (TPSA) is 68.5 Å². The summed E-state index contributed by atoms with van der Waals surface area (Å²) in [6.45, 7) is 2.13. The number of nitrogens with two attached hydrogens (primary N) is 1. The van der Waals surface area contributed by atoms with E-state index in [9.17, 15) is 4.79 Å². The van der Waals surface area contributed by atoms with Crippen LogP contribution in [-0.4, -0.2) is 48.1 Å². The van der Waals surface area contributed by atoms with Crippen molar-refractivity contribution >= 4 is 30.7 Å². The van der Waals surface area contributed by atoms with E-state index in [0.29, 0.717) is 31.9 Å². The Morgan fingerprint density at radius 1 is 1.50 bits per heavy atom. The largest absolute Gasteiger partial charge is 0.373 e. The van der Waals surface area contributed by atoms with E-state index in [1.165, 1.54) is 0 Å². The molecular weight excluding hydrogens is 277 g/mol. The number of nitrogens with zero attached hydrogens (tertiary/aromatic N) is 2. The van der Waals surface area contributed by atoms with E-state index >= 15 is 0 Å². The van der Waals surface area contributed by atoms with Crippen molar-refractivity contribution in [2.75, 3.05) is 26.2 Å². The van der Waals surface area contributed by atoms with E-state index in [-0.39, 0.29) is 36.8 Å². The van der Waals surface area contributed by atoms with Crippen LogP contribution in [-0.2, 0) is 4.74 Å². The molecule has 0 aliphatic carbocycles. The number of ether oxygens (including phenoxy) is 1. The van der Waals surface area contributed by atoms with Crippen LogP contribution in [0.5, 0.6) is 0 Å². The average Bonchev–Trinajstić information content (AvgIpc) is 2.39. The number of aromatic nitrogens is 1. The van der Waals surface area contributed by atoms with Gasteiger partial charge in [-0.3, -0.25) is 9.78 Å². The standard InChI is InChI=1S/C11H15N3O2.2ClH/c12-7-9-8-14(5-6-16-9)11(15)10-3-1-2-4-13-10;;/h1-4,9H,5-8,12H2;2*1H. The van der Waals surface area contributed by atoms with E-state index in [2.05, 4.69) is 4.98 Å². The van der Waals surface area contributed by atoms with Gasteiger partial charge in [-0.15, -0.1) is 24.8 Å². The third kappa shape index (κ3) is 4.10. The molecule has 1 fully saturated rings. The van der Waals surface area contributed by atoms with E-state index in [1.54, 1.807) is 29.3 Å². The van der Waals surface area contributed by atoms with E-state index in [1.807, 2.05) is 0 Å². The van der Waals surface area contributed by atoms with Crippen LogP contribution in [0.4, 0.5) is 0 Å². The number of halogens is 2. The molecule has 0 spiro atoms. The van der Waals surface area contributed by atoms with Crippen molar-refractivity contribution in [1.29, 1.82) is 0 Å². The van der Waals surface area contributed by atoms with Gasteiger partial charge in [0, 0.05) is 25.8 Å². The Balaban J connectivity index is 0.00000144. The summed E-state index contributed by atoms with van der Waals surface area (Å²) >= 11 is 0. The van der Waals surface area contributed by atoms with Crippen molar-refractivity contribution in [3.63, 3.8) is 0 Å². The fraction of sp³-hybridized carbons (Fsp3) is 0.455. The molecule has 1 unspecified atom stereocenters. The molecule has 1 aromatic heterocycles. The summed E-state index contributed by atoms with van der Waals surface area (Å²) in [6, 6.07) is 5.31. The maximum atomic E-state index is 12.0. The molecule has 18 heavy (non-hydrogen) atoms. The monoisotopic (exact) mass is 293 g/mol. The highest BCUT2D eigenvalue weighted by Crippen LogP contribution is 2.08. The minimum atomic E-state index is -0.0542. The van der Waals surface area contributed by atoms with Crippen molar-refractivity contribution in [3.8, 4) is 0 Å². The van der Waals surface area contributed by atoms with Crippen LogP contribution in [0.1, 0.15) is 10.5 Å². The summed E-state index contributed by atoms with van der Waals surface area (Å²) in [6.07, 6.45) is 1.56. The second kappa shape index (κ2) is 8.26. The molecule has 1 aliphatic rings. The van der Waals surface area contributed by atoms with Crippen molar-refractivity contribution < 1.29 is 9.53 Å². The molecule has 102 valence electrons. The predicted octanol–water partition coefficient (Wildman–Crippen LogP) is 0.725. The summed E-state index contributed by atoms with van der Waals surface area (Å²) in [7, 11) is 0. The minimum Gasteiger partial charge on any atom is -0.373 e. The van der Waals surface area contributed by atoms with Crippen molar-refractivity contribution in [2.45, 2.75) is 6.10 Å². The van der Waals surface area contributed by atoms with Crippen LogP contribution in [0, 0.1) is 0 Å². The Labute approximate surface area is 119 Å². The normalized spacial score (nSPS) is 18.5. The van der Waals surface area contributed by atoms with Crippen molar-refractivity contribution in [3.05, 3.63) is 30.1 Å². The van der Waals surface area contributed by atoms with E-state index < -0.39 is 0 Å². The number of pyridine rings is 1. The zero-order valence-electron chi connectivity index (χ0n) is 9.82. The number of hydrogen-bond donors (Lipinski definition) is 1. The number of carbonyl (C=O) groups excluding carboxylic acids is 1. The molecule has 2 heterocycles. The number of morpholine rings is 1. The fourth-order valence-electron chi connectivity index (χ4n) is 1.70. The van der Waals surface area contributed by atoms with Gasteiger partial charge in [-0.1, -0.05) is 6.07 Å². The lowest BCUT2D eigenvalue weighted by Crippen LogP contribution is -2.48. The number of hydrogen-bond acceptors (Lipinski definition) is 4. The van der Waals surface area contributed by atoms with Gasteiger partial charge < -0.3 is 15.4 Å². The molecule has 1 aliphatic heterocycles. The highest BCUT2D eigenvalue weighted by atomic mass is 35.5. The summed E-state index contributed by atoms with van der Waals surface area (Å²) < 4.78 is 5.40. The quantitative estimate of drug-likeness (QED) is 0.873. The molecule has 1 saturated heterocycles. The third-order valence-electron chi connectivity index (χ3n) is 2.57. The molecule has 5 nitrogen and oxygen atoms in total. The van der Waals surface area contributed by atoms with E-state index in [4.69, 9.17) is 10.5 Å². The van der Waals surface area contributed by atoms with Gasteiger partial charge in [0.25, 0.3) is 5.91 Å². The first-order valence-corrected chi connectivity index (χ1v) is 5.33. The maximum absolute atomic E-state index is 12.0. The summed E-state index contributed by atoms with van der Waals surface area (Å²) in [4.78, 5) is 17.8. The first kappa shape index (κ1) is 17.1. The number of amides is 1. The van der Waals surface area contributed by atoms with Crippen LogP contribution >= 0.6 is 24.8 Å². The Kier molecular flexibility index (Phi) is 7.86. The predicted molar refractivity (Wildman–Crippen MR) is 73.4 cm³/mol. The summed E-state index contributed by atoms with van der Waals surface area (Å²) in [5.74, 6) is -0.0534. The van der Waals surface area contributed by atoms with Crippen molar-refractivity contribution in [2.24, 2.45) is 5.73 Å². The van der Waals surface area contributed by atoms with Gasteiger partial charge in [-0.05, 0) is 12.1 Å². The number of rotatable bonds is 2. The average molecular weight is 294 g/mol. The molecule has 2 rings (SSSR count). The Morgan fingerprint density at radius 3 is 2.89 bits per heavy atom. The van der Waals surface area contributed by atoms with Crippen LogP contribution in [0.2, 0.25) is 0 Å². The van der Waals surface area contributed by atoms with Gasteiger partial charge in [-0.25, -0.2) is 0 Å². The van der Waals surface area contributed by atoms with Gasteiger partial charge in [0.05, 0.1) is 12.7 Å². The van der Waals surface area contributed by atoms with Crippen LogP contribution in [0.3, 0.4) is 0 Å². The highest BCUT2D eigenvalue weighted by molar-refractivity contribution is 5.92. The Hall–Kier alpha value is -0.880. The van der Waals surface area contributed by atoms with Gasteiger partial charge in [0.15, 0.2) is 0 Å². The first-order chi connectivity index (χ1) is 7.81. The van der Waals surface area contributed by atoms with Gasteiger partial charge in [0.2, 0.25) is 0 Å². The molecule has 1 aromatic rings. The molecule has 1 amide bonds. The Bertz CT molecular complexity index is 365. The molecule has 7 heteroatoms. The van der Waals surface area contributed by atoms with Gasteiger partial charge in [-0.2, -0.15) is 0 Å². The lowest BCUT2D eigenvalue weighted by molar-refractivity contribution is -0.0169. The van der Waals surface area contributed by atoms with E-state index in [0.717, 1.165) is 0 Å². The lowest BCUT2D eigenvalue weighted by atomic mass is 10.2. The SMILES string of the molecule is Cl.Cl.NCC1CN(C(=O)c2ccccn2)CCO1. The second-order valence-corrected chi connectivity index (χ2v) is 3.69. The fourth-order valence-corrected chi connectivity index (χ4v) is 1.70. The van der Waals surface area contributed by atoms with Crippen LogP contribution in [0.15, 0.2) is 24.4 Å². The second-order valence-electron chi connectivity index (χ2n) is 3.69. The summed E-state index contributed by atoms with van der Waals surface area (Å²) in [5, 5.41) is 0. The van der Waals surface area contributed by atoms with Gasteiger partial charge >= 0.3 is 0 Å². The van der Waals surface area contributed by atoms with Crippen LogP contribution < -0.4 is 5.73 Å². The lowest BCUT2D eigenvalue weighted by Gasteiger charge is -2.32. The molecular formula is C11H17Cl2N3O2. The maximum Gasteiger partial charge on any atom is 0.272 e. The highest BCUT2D eigenvalue weighted by Gasteiger charge is 2.24.